The SMILES string of the molecule is COC(=O)C(NC(=O)Oc1ccccc1)C(=O)c1ccccc1. The lowest BCUT2D eigenvalue weighted by atomic mass is 10.0. The van der Waals surface area contributed by atoms with Crippen LogP contribution in [-0.2, 0) is 9.53 Å². The molecule has 2 aromatic carbocycles. The topological polar surface area (TPSA) is 81.7 Å². The third kappa shape index (κ3) is 4.41. The third-order valence-corrected chi connectivity index (χ3v) is 2.97. The number of carbonyl (C=O) groups is 3. The van der Waals surface area contributed by atoms with E-state index in [0.29, 0.717) is 5.75 Å². The molecule has 0 saturated carbocycles. The minimum Gasteiger partial charge on any atom is -0.467 e. The number of benzene rings is 2. The molecule has 0 heterocycles. The molecule has 0 spiro atoms. The number of amides is 1. The first kappa shape index (κ1) is 16.2. The summed E-state index contributed by atoms with van der Waals surface area (Å²) >= 11 is 0. The average Bonchev–Trinajstić information content (AvgIpc) is 2.60. The quantitative estimate of drug-likeness (QED) is 0.520. The summed E-state index contributed by atoms with van der Waals surface area (Å²) in [6.07, 6.45) is -0.920. The normalized spacial score (nSPS) is 11.2. The Labute approximate surface area is 133 Å². The van der Waals surface area contributed by atoms with Crippen molar-refractivity contribution in [1.29, 1.82) is 0 Å². The van der Waals surface area contributed by atoms with Crippen molar-refractivity contribution < 1.29 is 23.9 Å². The van der Waals surface area contributed by atoms with E-state index in [9.17, 15) is 14.4 Å². The molecular weight excluding hydrogens is 298 g/mol. The van der Waals surface area contributed by atoms with Crippen LogP contribution in [0.2, 0.25) is 0 Å². The number of nitrogens with one attached hydrogen (secondary N) is 1. The first-order valence-corrected chi connectivity index (χ1v) is 6.82. The minimum atomic E-state index is -1.47. The first-order valence-electron chi connectivity index (χ1n) is 6.82. The fourth-order valence-electron chi connectivity index (χ4n) is 1.86. The van der Waals surface area contributed by atoms with Crippen LogP contribution in [0.25, 0.3) is 0 Å². The van der Waals surface area contributed by atoms with Gasteiger partial charge in [-0.1, -0.05) is 48.5 Å². The van der Waals surface area contributed by atoms with E-state index >= 15 is 0 Å². The predicted molar refractivity (Wildman–Crippen MR) is 82.2 cm³/mol. The molecule has 6 nitrogen and oxygen atoms in total. The van der Waals surface area contributed by atoms with E-state index in [0.717, 1.165) is 7.11 Å². The molecule has 2 rings (SSSR count). The molecule has 0 bridgehead atoms. The van der Waals surface area contributed by atoms with Gasteiger partial charge in [0.15, 0.2) is 11.8 Å². The van der Waals surface area contributed by atoms with Crippen LogP contribution in [0.1, 0.15) is 10.4 Å². The summed E-state index contributed by atoms with van der Waals surface area (Å²) in [6, 6.07) is 15.0. The van der Waals surface area contributed by atoms with Gasteiger partial charge in [0.25, 0.3) is 0 Å². The van der Waals surface area contributed by atoms with Crippen LogP contribution in [0.4, 0.5) is 4.79 Å². The van der Waals surface area contributed by atoms with Gasteiger partial charge in [-0.3, -0.25) is 4.79 Å². The van der Waals surface area contributed by atoms with Crippen molar-refractivity contribution in [2.45, 2.75) is 6.04 Å². The molecule has 0 aliphatic rings. The number of Topliss-reactive ketones (excluding diaryl/α,β-unsaturated/α-hetero) is 1. The number of ether oxygens (including phenoxy) is 2. The van der Waals surface area contributed by atoms with Gasteiger partial charge in [-0.25, -0.2) is 9.59 Å². The Morgan fingerprint density at radius 3 is 2.04 bits per heavy atom. The number of rotatable bonds is 5. The highest BCUT2D eigenvalue weighted by molar-refractivity contribution is 6.13. The summed E-state index contributed by atoms with van der Waals surface area (Å²) in [5.41, 5.74) is 0.280. The van der Waals surface area contributed by atoms with Crippen molar-refractivity contribution in [1.82, 2.24) is 5.32 Å². The van der Waals surface area contributed by atoms with Crippen LogP contribution in [0.15, 0.2) is 60.7 Å². The number of methoxy groups -OCH3 is 1. The van der Waals surface area contributed by atoms with Gasteiger partial charge in [-0.2, -0.15) is 0 Å². The zero-order valence-electron chi connectivity index (χ0n) is 12.4. The summed E-state index contributed by atoms with van der Waals surface area (Å²) < 4.78 is 9.59. The highest BCUT2D eigenvalue weighted by atomic mass is 16.6. The van der Waals surface area contributed by atoms with Gasteiger partial charge in [0.1, 0.15) is 5.75 Å². The van der Waals surface area contributed by atoms with Crippen molar-refractivity contribution in [2.24, 2.45) is 0 Å². The number of ketones is 1. The molecule has 2 aromatic rings. The lowest BCUT2D eigenvalue weighted by Gasteiger charge is -2.15. The predicted octanol–water partition coefficient (Wildman–Crippen LogP) is 2.20. The van der Waals surface area contributed by atoms with E-state index < -0.39 is 23.9 Å². The Hall–Kier alpha value is -3.15. The van der Waals surface area contributed by atoms with E-state index in [2.05, 4.69) is 10.1 Å². The molecule has 118 valence electrons. The second-order valence-electron chi connectivity index (χ2n) is 4.53. The summed E-state index contributed by atoms with van der Waals surface area (Å²) in [6.45, 7) is 0. The van der Waals surface area contributed by atoms with Crippen molar-refractivity contribution in [3.63, 3.8) is 0 Å². The Morgan fingerprint density at radius 2 is 1.48 bits per heavy atom. The van der Waals surface area contributed by atoms with Gasteiger partial charge in [-0.05, 0) is 12.1 Å². The zero-order chi connectivity index (χ0) is 16.7. The van der Waals surface area contributed by atoms with Gasteiger partial charge in [0.05, 0.1) is 7.11 Å². The third-order valence-electron chi connectivity index (χ3n) is 2.97. The average molecular weight is 313 g/mol. The van der Waals surface area contributed by atoms with Crippen LogP contribution < -0.4 is 10.1 Å². The molecule has 0 aliphatic carbocycles. The van der Waals surface area contributed by atoms with Gasteiger partial charge < -0.3 is 14.8 Å². The number of carbonyl (C=O) groups excluding carboxylic acids is 3. The van der Waals surface area contributed by atoms with Crippen LogP contribution in [-0.4, -0.2) is 31.0 Å². The first-order chi connectivity index (χ1) is 11.1. The molecule has 1 atom stereocenters. The minimum absolute atomic E-state index is 0.280. The molecule has 1 amide bonds. The molecule has 0 aromatic heterocycles. The standard InChI is InChI=1S/C17H15NO5/c1-22-16(20)14(15(19)12-8-4-2-5-9-12)18-17(21)23-13-10-6-3-7-11-13/h2-11,14H,1H3,(H,18,21). The zero-order valence-corrected chi connectivity index (χ0v) is 12.4. The van der Waals surface area contributed by atoms with Crippen LogP contribution in [0.3, 0.4) is 0 Å². The summed E-state index contributed by atoms with van der Waals surface area (Å²) in [4.78, 5) is 36.0. The van der Waals surface area contributed by atoms with Gasteiger partial charge in [-0.15, -0.1) is 0 Å². The van der Waals surface area contributed by atoms with Crippen molar-refractivity contribution in [2.75, 3.05) is 7.11 Å². The monoisotopic (exact) mass is 313 g/mol. The molecule has 1 unspecified atom stereocenters. The molecule has 6 heteroatoms. The lowest BCUT2D eigenvalue weighted by Crippen LogP contribution is -2.48. The highest BCUT2D eigenvalue weighted by Gasteiger charge is 2.30. The van der Waals surface area contributed by atoms with Crippen molar-refractivity contribution >= 4 is 17.8 Å². The van der Waals surface area contributed by atoms with E-state index in [1.165, 1.54) is 0 Å². The largest absolute Gasteiger partial charge is 0.467 e. The maximum Gasteiger partial charge on any atom is 0.413 e. The Bertz CT molecular complexity index is 685. The van der Waals surface area contributed by atoms with E-state index in [4.69, 9.17) is 4.74 Å². The summed E-state index contributed by atoms with van der Waals surface area (Å²) in [7, 11) is 1.14. The fraction of sp³-hybridized carbons (Fsp3) is 0.118. The molecule has 0 radical (unpaired) electrons. The van der Waals surface area contributed by atoms with E-state index in [1.54, 1.807) is 60.7 Å². The maximum absolute atomic E-state index is 12.4. The maximum atomic E-state index is 12.4. The molecule has 0 aliphatic heterocycles. The second-order valence-corrected chi connectivity index (χ2v) is 4.53. The van der Waals surface area contributed by atoms with Gasteiger partial charge in [0, 0.05) is 5.56 Å². The molecule has 23 heavy (non-hydrogen) atoms. The Balaban J connectivity index is 2.11. The molecule has 0 fully saturated rings. The fourth-order valence-corrected chi connectivity index (χ4v) is 1.86. The number of esters is 1. The van der Waals surface area contributed by atoms with E-state index in [1.807, 2.05) is 0 Å². The Kier molecular flexibility index (Phi) is 5.46. The Morgan fingerprint density at radius 1 is 0.913 bits per heavy atom. The van der Waals surface area contributed by atoms with Crippen LogP contribution >= 0.6 is 0 Å². The molecule has 0 saturated heterocycles. The smallest absolute Gasteiger partial charge is 0.413 e. The van der Waals surface area contributed by atoms with Gasteiger partial charge in [0.2, 0.25) is 0 Å². The van der Waals surface area contributed by atoms with Crippen LogP contribution in [0.5, 0.6) is 5.75 Å². The van der Waals surface area contributed by atoms with Crippen LogP contribution in [0, 0.1) is 0 Å². The second kappa shape index (κ2) is 7.74. The number of hydrogen-bond acceptors (Lipinski definition) is 5. The number of hydrogen-bond donors (Lipinski definition) is 1. The highest BCUT2D eigenvalue weighted by Crippen LogP contribution is 2.09. The summed E-state index contributed by atoms with van der Waals surface area (Å²) in [5, 5.41) is 2.23. The number of para-hydroxylation sites is 1. The molecular formula is C17H15NO5. The summed E-state index contributed by atoms with van der Waals surface area (Å²) in [5.74, 6) is -1.16. The molecule has 1 N–H and O–H groups in total. The lowest BCUT2D eigenvalue weighted by molar-refractivity contribution is -0.141. The van der Waals surface area contributed by atoms with E-state index in [-0.39, 0.29) is 5.56 Å². The van der Waals surface area contributed by atoms with Crippen molar-refractivity contribution in [3.05, 3.63) is 66.2 Å². The van der Waals surface area contributed by atoms with Crippen molar-refractivity contribution in [3.8, 4) is 5.75 Å². The van der Waals surface area contributed by atoms with Gasteiger partial charge >= 0.3 is 12.1 Å².